The van der Waals surface area contributed by atoms with Crippen molar-refractivity contribution in [1.82, 2.24) is 16.0 Å². The number of amides is 1. The van der Waals surface area contributed by atoms with Crippen LogP contribution >= 0.6 is 24.0 Å². The quantitative estimate of drug-likeness (QED) is 0.183. The number of guanidine groups is 1. The number of nitrogens with zero attached hydrogens (tertiary/aromatic N) is 1. The number of carbonyl (C=O) groups excluding carboxylic acids is 1. The molecule has 7 nitrogen and oxygen atoms in total. The highest BCUT2D eigenvalue weighted by molar-refractivity contribution is 14.0. The Balaban J connectivity index is 0.00000576. The minimum Gasteiger partial charge on any atom is -0.507 e. The second-order valence-corrected chi connectivity index (χ2v) is 5.01. The number of nitrogens with one attached hydrogen (secondary N) is 3. The normalized spacial score (nSPS) is 10.7. The van der Waals surface area contributed by atoms with E-state index in [-0.39, 0.29) is 41.2 Å². The SMILES string of the molecule is CCNC(=NCCCOCC)NCCNC(=O)c1ccccc1O.I. The molecule has 0 saturated carbocycles. The number of carbonyl (C=O) groups is 1. The van der Waals surface area contributed by atoms with E-state index in [0.717, 1.165) is 19.6 Å². The molecule has 25 heavy (non-hydrogen) atoms. The summed E-state index contributed by atoms with van der Waals surface area (Å²) in [5, 5.41) is 18.7. The van der Waals surface area contributed by atoms with Gasteiger partial charge in [0.15, 0.2) is 5.96 Å². The molecule has 0 aliphatic rings. The fourth-order valence-corrected chi connectivity index (χ4v) is 1.96. The molecule has 1 amide bonds. The zero-order chi connectivity index (χ0) is 17.6. The van der Waals surface area contributed by atoms with Gasteiger partial charge < -0.3 is 25.8 Å². The molecule has 0 fully saturated rings. The van der Waals surface area contributed by atoms with Crippen LogP contribution in [0.4, 0.5) is 0 Å². The van der Waals surface area contributed by atoms with Crippen LogP contribution in [-0.4, -0.2) is 56.4 Å². The fraction of sp³-hybridized carbons (Fsp3) is 0.529. The molecule has 0 radical (unpaired) electrons. The van der Waals surface area contributed by atoms with Crippen molar-refractivity contribution in [2.45, 2.75) is 20.3 Å². The third-order valence-electron chi connectivity index (χ3n) is 3.12. The van der Waals surface area contributed by atoms with Crippen LogP contribution < -0.4 is 16.0 Å². The predicted molar refractivity (Wildman–Crippen MR) is 111 cm³/mol. The van der Waals surface area contributed by atoms with Gasteiger partial charge in [0.05, 0.1) is 5.56 Å². The van der Waals surface area contributed by atoms with Gasteiger partial charge in [-0.05, 0) is 32.4 Å². The summed E-state index contributed by atoms with van der Waals surface area (Å²) in [5.41, 5.74) is 0.272. The number of aromatic hydroxyl groups is 1. The maximum absolute atomic E-state index is 11.9. The van der Waals surface area contributed by atoms with Gasteiger partial charge in [0.1, 0.15) is 5.75 Å². The topological polar surface area (TPSA) is 95.0 Å². The van der Waals surface area contributed by atoms with Crippen LogP contribution in [0.15, 0.2) is 29.3 Å². The molecule has 8 heteroatoms. The Morgan fingerprint density at radius 1 is 1.16 bits per heavy atom. The van der Waals surface area contributed by atoms with Crippen LogP contribution in [-0.2, 0) is 4.74 Å². The predicted octanol–water partition coefficient (Wildman–Crippen LogP) is 1.72. The standard InChI is InChI=1S/C17H28N4O3.HI/c1-3-18-17(20-10-7-13-24-4-2)21-12-11-19-16(23)14-8-5-6-9-15(14)22;/h5-6,8-9,22H,3-4,7,10-13H2,1-2H3,(H,19,23)(H2,18,20,21);1H. The molecular formula is C17H29IN4O3. The van der Waals surface area contributed by atoms with Gasteiger partial charge in [-0.1, -0.05) is 12.1 Å². The van der Waals surface area contributed by atoms with Crippen molar-refractivity contribution < 1.29 is 14.6 Å². The number of aliphatic imine (C=N–C) groups is 1. The minimum atomic E-state index is -0.298. The van der Waals surface area contributed by atoms with E-state index in [0.29, 0.717) is 32.2 Å². The number of rotatable bonds is 10. The van der Waals surface area contributed by atoms with E-state index < -0.39 is 0 Å². The smallest absolute Gasteiger partial charge is 0.255 e. The van der Waals surface area contributed by atoms with Gasteiger partial charge in [0.2, 0.25) is 0 Å². The van der Waals surface area contributed by atoms with Crippen molar-refractivity contribution in [2.24, 2.45) is 4.99 Å². The van der Waals surface area contributed by atoms with Crippen LogP contribution in [0.5, 0.6) is 5.75 Å². The number of halogens is 1. The summed E-state index contributed by atoms with van der Waals surface area (Å²) in [6.07, 6.45) is 0.869. The van der Waals surface area contributed by atoms with Crippen molar-refractivity contribution >= 4 is 35.8 Å². The number of ether oxygens (including phenoxy) is 1. The Hall–Kier alpha value is -1.55. The summed E-state index contributed by atoms with van der Waals surface area (Å²) >= 11 is 0. The van der Waals surface area contributed by atoms with Crippen LogP contribution in [0, 0.1) is 0 Å². The molecule has 0 bridgehead atoms. The molecule has 0 heterocycles. The summed E-state index contributed by atoms with van der Waals surface area (Å²) in [7, 11) is 0. The maximum Gasteiger partial charge on any atom is 0.255 e. The van der Waals surface area contributed by atoms with E-state index in [2.05, 4.69) is 20.9 Å². The molecule has 1 rings (SSSR count). The minimum absolute atomic E-state index is 0. The van der Waals surface area contributed by atoms with E-state index in [1.165, 1.54) is 6.07 Å². The number of benzene rings is 1. The van der Waals surface area contributed by atoms with Crippen LogP contribution in [0.1, 0.15) is 30.6 Å². The lowest BCUT2D eigenvalue weighted by Gasteiger charge is -2.12. The van der Waals surface area contributed by atoms with Crippen LogP contribution in [0.2, 0.25) is 0 Å². The van der Waals surface area contributed by atoms with Crippen molar-refractivity contribution in [3.05, 3.63) is 29.8 Å². The molecule has 1 aromatic rings. The molecule has 0 unspecified atom stereocenters. The highest BCUT2D eigenvalue weighted by Crippen LogP contribution is 2.14. The molecule has 0 spiro atoms. The first-order valence-electron chi connectivity index (χ1n) is 8.35. The number of phenols is 1. The van der Waals surface area contributed by atoms with Crippen molar-refractivity contribution in [3.8, 4) is 5.75 Å². The summed E-state index contributed by atoms with van der Waals surface area (Å²) in [6.45, 7) is 7.80. The molecule has 0 aliphatic heterocycles. The molecule has 0 aliphatic carbocycles. The average Bonchev–Trinajstić information content (AvgIpc) is 2.58. The number of hydrogen-bond donors (Lipinski definition) is 4. The first-order chi connectivity index (χ1) is 11.7. The Bertz CT molecular complexity index is 526. The van der Waals surface area contributed by atoms with E-state index in [1.807, 2.05) is 13.8 Å². The van der Waals surface area contributed by atoms with Gasteiger partial charge in [-0.15, -0.1) is 24.0 Å². The lowest BCUT2D eigenvalue weighted by Crippen LogP contribution is -2.41. The summed E-state index contributed by atoms with van der Waals surface area (Å²) in [6, 6.07) is 6.47. The second kappa shape index (κ2) is 14.8. The van der Waals surface area contributed by atoms with Gasteiger partial charge in [-0.2, -0.15) is 0 Å². The number of phenolic OH excluding ortho intramolecular Hbond substituents is 1. The second-order valence-electron chi connectivity index (χ2n) is 5.01. The monoisotopic (exact) mass is 464 g/mol. The molecule has 142 valence electrons. The van der Waals surface area contributed by atoms with Gasteiger partial charge in [0.25, 0.3) is 5.91 Å². The van der Waals surface area contributed by atoms with Crippen molar-refractivity contribution in [2.75, 3.05) is 39.4 Å². The Morgan fingerprint density at radius 3 is 2.56 bits per heavy atom. The van der Waals surface area contributed by atoms with Gasteiger partial charge in [-0.3, -0.25) is 9.79 Å². The maximum atomic E-state index is 11.9. The van der Waals surface area contributed by atoms with E-state index >= 15 is 0 Å². The third-order valence-corrected chi connectivity index (χ3v) is 3.12. The zero-order valence-corrected chi connectivity index (χ0v) is 17.2. The van der Waals surface area contributed by atoms with Crippen molar-refractivity contribution in [3.63, 3.8) is 0 Å². The van der Waals surface area contributed by atoms with Gasteiger partial charge in [-0.25, -0.2) is 0 Å². The third kappa shape index (κ3) is 10.1. The van der Waals surface area contributed by atoms with E-state index in [9.17, 15) is 9.90 Å². The molecule has 0 aromatic heterocycles. The van der Waals surface area contributed by atoms with Gasteiger partial charge >= 0.3 is 0 Å². The largest absolute Gasteiger partial charge is 0.507 e. The molecule has 1 aromatic carbocycles. The average molecular weight is 464 g/mol. The molecule has 0 saturated heterocycles. The number of hydrogen-bond acceptors (Lipinski definition) is 4. The zero-order valence-electron chi connectivity index (χ0n) is 14.9. The van der Waals surface area contributed by atoms with Crippen LogP contribution in [0.3, 0.4) is 0 Å². The lowest BCUT2D eigenvalue weighted by atomic mass is 10.2. The van der Waals surface area contributed by atoms with E-state index in [1.54, 1.807) is 18.2 Å². The number of para-hydroxylation sites is 1. The Labute approximate surface area is 166 Å². The highest BCUT2D eigenvalue weighted by atomic mass is 127. The summed E-state index contributed by atoms with van der Waals surface area (Å²) in [4.78, 5) is 16.4. The Kier molecular flexibility index (Phi) is 13.8. The van der Waals surface area contributed by atoms with E-state index in [4.69, 9.17) is 4.74 Å². The molecule has 0 atom stereocenters. The highest BCUT2D eigenvalue weighted by Gasteiger charge is 2.08. The van der Waals surface area contributed by atoms with Crippen LogP contribution in [0.25, 0.3) is 0 Å². The lowest BCUT2D eigenvalue weighted by molar-refractivity contribution is 0.0951. The van der Waals surface area contributed by atoms with Crippen molar-refractivity contribution in [1.29, 1.82) is 0 Å². The summed E-state index contributed by atoms with van der Waals surface area (Å²) in [5.74, 6) is 0.395. The first-order valence-corrected chi connectivity index (χ1v) is 8.35. The summed E-state index contributed by atoms with van der Waals surface area (Å²) < 4.78 is 5.27. The van der Waals surface area contributed by atoms with Gasteiger partial charge in [0, 0.05) is 39.4 Å². The molecule has 4 N–H and O–H groups in total. The first kappa shape index (κ1) is 23.4. The Morgan fingerprint density at radius 2 is 1.88 bits per heavy atom. The fourth-order valence-electron chi connectivity index (χ4n) is 1.96. The molecular weight excluding hydrogens is 435 g/mol.